The lowest BCUT2D eigenvalue weighted by molar-refractivity contribution is 0.102. The molecular formula is C18H15FN4O5S. The first-order valence-corrected chi connectivity index (χ1v) is 9.71. The number of nitrogens with one attached hydrogen (secondary N) is 2. The molecule has 0 bridgehead atoms. The predicted octanol–water partition coefficient (Wildman–Crippen LogP) is 0.624. The number of amides is 1. The maximum Gasteiger partial charge on any atom is 0.328 e. The van der Waals surface area contributed by atoms with Crippen LogP contribution in [0.4, 0.5) is 10.1 Å². The Morgan fingerprint density at radius 3 is 2.38 bits per heavy atom. The van der Waals surface area contributed by atoms with Gasteiger partial charge in [-0.3, -0.25) is 14.2 Å². The molecule has 0 unspecified atom stereocenters. The summed E-state index contributed by atoms with van der Waals surface area (Å²) in [6.07, 6.45) is 0.955. The Labute approximate surface area is 163 Å². The molecule has 0 radical (unpaired) electrons. The van der Waals surface area contributed by atoms with Crippen molar-refractivity contribution >= 4 is 21.6 Å². The van der Waals surface area contributed by atoms with E-state index >= 15 is 0 Å². The second kappa shape index (κ2) is 7.81. The summed E-state index contributed by atoms with van der Waals surface area (Å²) in [5.41, 5.74) is -1.77. The summed E-state index contributed by atoms with van der Waals surface area (Å²) in [4.78, 5) is 39.2. The lowest BCUT2D eigenvalue weighted by Crippen LogP contribution is -2.39. The molecule has 2 aromatic carbocycles. The van der Waals surface area contributed by atoms with Crippen molar-refractivity contribution in [2.24, 2.45) is 5.14 Å². The lowest BCUT2D eigenvalue weighted by Gasteiger charge is -2.09. The average molecular weight is 418 g/mol. The van der Waals surface area contributed by atoms with Gasteiger partial charge in [-0.1, -0.05) is 18.2 Å². The van der Waals surface area contributed by atoms with Gasteiger partial charge in [-0.25, -0.2) is 22.7 Å². The van der Waals surface area contributed by atoms with Crippen LogP contribution in [0, 0.1) is 5.82 Å². The van der Waals surface area contributed by atoms with Crippen molar-refractivity contribution in [3.8, 4) is 0 Å². The molecule has 1 heterocycles. The zero-order valence-corrected chi connectivity index (χ0v) is 15.6. The van der Waals surface area contributed by atoms with E-state index < -0.39 is 33.0 Å². The van der Waals surface area contributed by atoms with Crippen molar-refractivity contribution in [1.82, 2.24) is 9.55 Å². The third-order valence-corrected chi connectivity index (χ3v) is 4.96. The maximum atomic E-state index is 13.8. The smallest absolute Gasteiger partial charge is 0.322 e. The molecule has 1 aromatic heterocycles. The molecule has 0 fully saturated rings. The van der Waals surface area contributed by atoms with E-state index in [1.165, 1.54) is 42.5 Å². The predicted molar refractivity (Wildman–Crippen MR) is 103 cm³/mol. The number of sulfonamides is 1. The summed E-state index contributed by atoms with van der Waals surface area (Å²) < 4.78 is 37.1. The molecule has 11 heteroatoms. The Hall–Kier alpha value is -3.57. The van der Waals surface area contributed by atoms with Gasteiger partial charge in [0.15, 0.2) is 0 Å². The number of nitrogens with two attached hydrogens (primary N) is 1. The third kappa shape index (κ3) is 4.47. The molecule has 0 aliphatic carbocycles. The molecule has 0 saturated heterocycles. The van der Waals surface area contributed by atoms with Crippen LogP contribution in [0.2, 0.25) is 0 Å². The summed E-state index contributed by atoms with van der Waals surface area (Å²) in [6.45, 7) is -0.356. The SMILES string of the molecule is NS(=O)(=O)c1ccc(NC(=O)c2c[nH]c(=O)n(Cc3ccccc3F)c2=O)cc1. The molecule has 0 aliphatic rings. The highest BCUT2D eigenvalue weighted by molar-refractivity contribution is 7.89. The first-order chi connectivity index (χ1) is 13.7. The number of hydrogen-bond donors (Lipinski definition) is 3. The first kappa shape index (κ1) is 20.2. The Bertz CT molecular complexity index is 1300. The van der Waals surface area contributed by atoms with Gasteiger partial charge in [0.2, 0.25) is 10.0 Å². The quantitative estimate of drug-likeness (QED) is 0.556. The van der Waals surface area contributed by atoms with Gasteiger partial charge in [0.1, 0.15) is 11.4 Å². The van der Waals surface area contributed by atoms with Gasteiger partial charge in [0.25, 0.3) is 11.5 Å². The van der Waals surface area contributed by atoms with Crippen LogP contribution >= 0.6 is 0 Å². The van der Waals surface area contributed by atoms with Crippen LogP contribution in [-0.4, -0.2) is 23.9 Å². The van der Waals surface area contributed by atoms with Gasteiger partial charge < -0.3 is 10.3 Å². The van der Waals surface area contributed by atoms with Crippen molar-refractivity contribution in [3.63, 3.8) is 0 Å². The normalized spacial score (nSPS) is 11.2. The number of nitrogens with zero attached hydrogens (tertiary/aromatic N) is 1. The highest BCUT2D eigenvalue weighted by Crippen LogP contribution is 2.13. The Morgan fingerprint density at radius 1 is 1.10 bits per heavy atom. The van der Waals surface area contributed by atoms with Gasteiger partial charge in [-0.15, -0.1) is 0 Å². The van der Waals surface area contributed by atoms with E-state index in [9.17, 15) is 27.2 Å². The van der Waals surface area contributed by atoms with Gasteiger partial charge >= 0.3 is 5.69 Å². The third-order valence-electron chi connectivity index (χ3n) is 4.03. The van der Waals surface area contributed by atoms with Crippen LogP contribution in [0.15, 0.2) is 69.2 Å². The van der Waals surface area contributed by atoms with Crippen molar-refractivity contribution in [2.75, 3.05) is 5.32 Å². The number of hydrogen-bond acceptors (Lipinski definition) is 5. The minimum absolute atomic E-state index is 0.108. The molecule has 0 aliphatic heterocycles. The fourth-order valence-electron chi connectivity index (χ4n) is 2.54. The number of carbonyl (C=O) groups is 1. The molecule has 4 N–H and O–H groups in total. The van der Waals surface area contributed by atoms with Crippen molar-refractivity contribution in [1.29, 1.82) is 0 Å². The zero-order chi connectivity index (χ0) is 21.2. The molecule has 3 rings (SSSR count). The number of benzene rings is 2. The number of rotatable bonds is 5. The van der Waals surface area contributed by atoms with E-state index in [2.05, 4.69) is 10.3 Å². The van der Waals surface area contributed by atoms with E-state index in [0.29, 0.717) is 4.57 Å². The molecule has 1 amide bonds. The fourth-order valence-corrected chi connectivity index (χ4v) is 3.06. The molecule has 150 valence electrons. The number of aromatic nitrogens is 2. The minimum Gasteiger partial charge on any atom is -0.322 e. The van der Waals surface area contributed by atoms with E-state index in [1.54, 1.807) is 6.07 Å². The van der Waals surface area contributed by atoms with Crippen molar-refractivity contribution < 1.29 is 17.6 Å². The van der Waals surface area contributed by atoms with E-state index in [-0.39, 0.29) is 28.3 Å². The van der Waals surface area contributed by atoms with E-state index in [0.717, 1.165) is 6.20 Å². The number of halogens is 1. The fraction of sp³-hybridized carbons (Fsp3) is 0.0556. The van der Waals surface area contributed by atoms with Gasteiger partial charge in [-0.2, -0.15) is 0 Å². The van der Waals surface area contributed by atoms with E-state index in [1.807, 2.05) is 0 Å². The highest BCUT2D eigenvalue weighted by atomic mass is 32.2. The van der Waals surface area contributed by atoms with Gasteiger partial charge in [0.05, 0.1) is 11.4 Å². The average Bonchev–Trinajstić information content (AvgIpc) is 2.66. The largest absolute Gasteiger partial charge is 0.328 e. The summed E-state index contributed by atoms with van der Waals surface area (Å²) >= 11 is 0. The highest BCUT2D eigenvalue weighted by Gasteiger charge is 2.16. The topological polar surface area (TPSA) is 144 Å². The molecule has 3 aromatic rings. The van der Waals surface area contributed by atoms with Crippen LogP contribution in [0.5, 0.6) is 0 Å². The Balaban J connectivity index is 1.89. The van der Waals surface area contributed by atoms with Crippen LogP contribution in [0.1, 0.15) is 15.9 Å². The minimum atomic E-state index is -3.89. The van der Waals surface area contributed by atoms with Gasteiger partial charge in [0, 0.05) is 17.4 Å². The van der Waals surface area contributed by atoms with Crippen LogP contribution in [0.3, 0.4) is 0 Å². The molecule has 29 heavy (non-hydrogen) atoms. The Morgan fingerprint density at radius 2 is 1.76 bits per heavy atom. The number of carbonyl (C=O) groups excluding carboxylic acids is 1. The second-order valence-corrected chi connectivity index (χ2v) is 7.58. The zero-order valence-electron chi connectivity index (χ0n) is 14.8. The number of primary sulfonamides is 1. The molecule has 9 nitrogen and oxygen atoms in total. The van der Waals surface area contributed by atoms with Crippen LogP contribution < -0.4 is 21.7 Å². The van der Waals surface area contributed by atoms with E-state index in [4.69, 9.17) is 5.14 Å². The second-order valence-electron chi connectivity index (χ2n) is 6.01. The summed E-state index contributed by atoms with van der Waals surface area (Å²) in [5, 5.41) is 7.42. The van der Waals surface area contributed by atoms with Crippen LogP contribution in [-0.2, 0) is 16.6 Å². The number of H-pyrrole nitrogens is 1. The number of aromatic amines is 1. The summed E-state index contributed by atoms with van der Waals surface area (Å²) in [6, 6.07) is 10.6. The lowest BCUT2D eigenvalue weighted by atomic mass is 10.2. The van der Waals surface area contributed by atoms with Crippen molar-refractivity contribution in [3.05, 3.63) is 92.5 Å². The summed E-state index contributed by atoms with van der Waals surface area (Å²) in [5.74, 6) is -1.43. The Kier molecular flexibility index (Phi) is 5.43. The number of anilines is 1. The monoisotopic (exact) mass is 418 g/mol. The standard InChI is InChI=1S/C18H15FN4O5S/c19-15-4-2-1-3-11(15)10-23-17(25)14(9-21-18(23)26)16(24)22-12-5-7-13(8-6-12)29(20,27)28/h1-9H,10H2,(H,21,26)(H,22,24)(H2,20,27,28). The first-order valence-electron chi connectivity index (χ1n) is 8.17. The molecule has 0 saturated carbocycles. The van der Waals surface area contributed by atoms with Crippen LogP contribution in [0.25, 0.3) is 0 Å². The van der Waals surface area contributed by atoms with Crippen molar-refractivity contribution in [2.45, 2.75) is 11.4 Å². The molecule has 0 atom stereocenters. The molecule has 0 spiro atoms. The van der Waals surface area contributed by atoms with Gasteiger partial charge in [-0.05, 0) is 30.3 Å². The molecular weight excluding hydrogens is 403 g/mol. The summed E-state index contributed by atoms with van der Waals surface area (Å²) in [7, 11) is -3.89. The maximum absolute atomic E-state index is 13.8.